The third-order valence-corrected chi connectivity index (χ3v) is 8.93. The summed E-state index contributed by atoms with van der Waals surface area (Å²) in [4.78, 5) is 49.2. The summed E-state index contributed by atoms with van der Waals surface area (Å²) in [5.41, 5.74) is 3.42. The van der Waals surface area contributed by atoms with Crippen molar-refractivity contribution in [2.75, 3.05) is 13.1 Å². The number of fused-ring (bicyclic) bond motifs is 1. The summed E-state index contributed by atoms with van der Waals surface area (Å²) in [7, 11) is 0. The van der Waals surface area contributed by atoms with E-state index in [1.807, 2.05) is 6.92 Å². The SMILES string of the molecule is [C-]#[N+]c1ccc(C(C(=O)NCCc2ccc(C)cc2)N2C(=O)[C@@H]3CCCCN3C(=O)[C@@H]2CC2CCCCC2)cc1. The monoisotopic (exact) mass is 540 g/mol. The third-order valence-electron chi connectivity index (χ3n) is 8.93. The molecule has 0 radical (unpaired) electrons. The number of hydrogen-bond acceptors (Lipinski definition) is 3. The quantitative estimate of drug-likeness (QED) is 0.449. The van der Waals surface area contributed by atoms with E-state index in [0.717, 1.165) is 44.1 Å². The summed E-state index contributed by atoms with van der Waals surface area (Å²) in [6.45, 7) is 10.4. The lowest BCUT2D eigenvalue weighted by atomic mass is 9.82. The van der Waals surface area contributed by atoms with E-state index in [2.05, 4.69) is 34.4 Å². The second kappa shape index (κ2) is 12.7. The Balaban J connectivity index is 1.46. The number of nitrogens with zero attached hydrogens (tertiary/aromatic N) is 3. The molecule has 0 aromatic heterocycles. The summed E-state index contributed by atoms with van der Waals surface area (Å²) in [6.07, 6.45) is 9.33. The summed E-state index contributed by atoms with van der Waals surface area (Å²) >= 11 is 0. The minimum atomic E-state index is -0.924. The van der Waals surface area contributed by atoms with Crippen molar-refractivity contribution in [2.24, 2.45) is 5.92 Å². The van der Waals surface area contributed by atoms with Gasteiger partial charge in [0.05, 0.1) is 6.57 Å². The van der Waals surface area contributed by atoms with Crippen LogP contribution in [0.4, 0.5) is 5.69 Å². The average molecular weight is 541 g/mol. The molecule has 2 aliphatic heterocycles. The number of carbonyl (C=O) groups excluding carboxylic acids is 3. The fourth-order valence-corrected chi connectivity index (χ4v) is 6.70. The molecule has 2 heterocycles. The van der Waals surface area contributed by atoms with Gasteiger partial charge in [-0.25, -0.2) is 4.85 Å². The van der Waals surface area contributed by atoms with E-state index in [1.54, 1.807) is 34.1 Å². The Kier molecular flexibility index (Phi) is 8.84. The Hall–Kier alpha value is -3.66. The van der Waals surface area contributed by atoms with Gasteiger partial charge in [-0.3, -0.25) is 14.4 Å². The van der Waals surface area contributed by atoms with E-state index in [0.29, 0.717) is 49.5 Å². The molecule has 2 aromatic carbocycles. The Morgan fingerprint density at radius 1 is 0.950 bits per heavy atom. The average Bonchev–Trinajstić information content (AvgIpc) is 2.99. The highest BCUT2D eigenvalue weighted by Gasteiger charge is 2.51. The predicted molar refractivity (Wildman–Crippen MR) is 155 cm³/mol. The first-order valence-corrected chi connectivity index (χ1v) is 14.9. The molecule has 3 aliphatic rings. The fraction of sp³-hybridized carbons (Fsp3) is 0.515. The van der Waals surface area contributed by atoms with Crippen LogP contribution in [0.2, 0.25) is 0 Å². The lowest BCUT2D eigenvalue weighted by molar-refractivity contribution is -0.169. The first-order chi connectivity index (χ1) is 19.5. The van der Waals surface area contributed by atoms with Crippen LogP contribution in [0.3, 0.4) is 0 Å². The number of hydrogen-bond donors (Lipinski definition) is 1. The molecule has 3 atom stereocenters. The predicted octanol–water partition coefficient (Wildman–Crippen LogP) is 5.51. The normalized spacial score (nSPS) is 22.4. The fourth-order valence-electron chi connectivity index (χ4n) is 6.70. The van der Waals surface area contributed by atoms with Crippen molar-refractivity contribution in [1.82, 2.24) is 15.1 Å². The van der Waals surface area contributed by atoms with Gasteiger partial charge in [-0.15, -0.1) is 0 Å². The zero-order chi connectivity index (χ0) is 28.1. The second-order valence-corrected chi connectivity index (χ2v) is 11.7. The van der Waals surface area contributed by atoms with Gasteiger partial charge < -0.3 is 15.1 Å². The second-order valence-electron chi connectivity index (χ2n) is 11.7. The maximum absolute atomic E-state index is 14.2. The van der Waals surface area contributed by atoms with Crippen molar-refractivity contribution in [3.63, 3.8) is 0 Å². The number of aryl methyl sites for hydroxylation is 1. The van der Waals surface area contributed by atoms with E-state index in [4.69, 9.17) is 6.57 Å². The first-order valence-electron chi connectivity index (χ1n) is 14.9. The van der Waals surface area contributed by atoms with Crippen LogP contribution < -0.4 is 5.32 Å². The molecule has 1 unspecified atom stereocenters. The molecule has 1 N–H and O–H groups in total. The molecule has 2 saturated heterocycles. The number of carbonyl (C=O) groups is 3. The largest absolute Gasteiger partial charge is 0.354 e. The first kappa shape index (κ1) is 27.9. The van der Waals surface area contributed by atoms with Gasteiger partial charge in [0.2, 0.25) is 17.7 Å². The van der Waals surface area contributed by atoms with Crippen LogP contribution >= 0.6 is 0 Å². The maximum Gasteiger partial charge on any atom is 0.247 e. The van der Waals surface area contributed by atoms with Crippen LogP contribution in [0.5, 0.6) is 0 Å². The number of piperidine rings is 1. The Bertz CT molecular complexity index is 1240. The van der Waals surface area contributed by atoms with Crippen LogP contribution in [0.1, 0.15) is 80.5 Å². The van der Waals surface area contributed by atoms with Gasteiger partial charge in [0, 0.05) is 13.1 Å². The smallest absolute Gasteiger partial charge is 0.247 e. The molecule has 2 aromatic rings. The molecule has 0 bridgehead atoms. The zero-order valence-electron chi connectivity index (χ0n) is 23.5. The number of nitrogens with one attached hydrogen (secondary N) is 1. The summed E-state index contributed by atoms with van der Waals surface area (Å²) in [5, 5.41) is 3.08. The van der Waals surface area contributed by atoms with Crippen LogP contribution in [-0.4, -0.2) is 52.7 Å². The molecule has 5 rings (SSSR count). The highest BCUT2D eigenvalue weighted by atomic mass is 16.2. The molecule has 210 valence electrons. The third kappa shape index (κ3) is 6.06. The molecular formula is C33H40N4O3. The van der Waals surface area contributed by atoms with Gasteiger partial charge >= 0.3 is 0 Å². The Morgan fingerprint density at radius 2 is 1.65 bits per heavy atom. The molecular weight excluding hydrogens is 500 g/mol. The summed E-state index contributed by atoms with van der Waals surface area (Å²) < 4.78 is 0. The highest BCUT2D eigenvalue weighted by molar-refractivity contribution is 6.00. The van der Waals surface area contributed by atoms with Crippen molar-refractivity contribution in [1.29, 1.82) is 0 Å². The van der Waals surface area contributed by atoms with E-state index in [1.165, 1.54) is 12.0 Å². The summed E-state index contributed by atoms with van der Waals surface area (Å²) in [5.74, 6) is -0.0334. The van der Waals surface area contributed by atoms with Gasteiger partial charge in [-0.2, -0.15) is 0 Å². The minimum Gasteiger partial charge on any atom is -0.354 e. The standard InChI is InChI=1S/C33H40N4O3/c1-23-11-13-24(14-12-23)19-20-35-31(38)30(26-15-17-27(34-2)18-16-26)37-29(22-25-8-4-3-5-9-25)32(39)36-21-7-6-10-28(36)33(37)40/h11-18,25,28-30H,3-10,19-22H2,1H3,(H,35,38)/t28-,29-,30?/m0/s1. The van der Waals surface area contributed by atoms with Gasteiger partial charge in [-0.05, 0) is 56.1 Å². The Labute approximate surface area is 237 Å². The van der Waals surface area contributed by atoms with Gasteiger partial charge in [0.1, 0.15) is 18.1 Å². The highest BCUT2D eigenvalue weighted by Crippen LogP contribution is 2.38. The molecule has 3 fully saturated rings. The van der Waals surface area contributed by atoms with Crippen molar-refractivity contribution in [2.45, 2.75) is 89.3 Å². The molecule has 1 saturated carbocycles. The number of rotatable bonds is 8. The minimum absolute atomic E-state index is 0.00916. The van der Waals surface area contributed by atoms with Crippen molar-refractivity contribution < 1.29 is 14.4 Å². The molecule has 7 heteroatoms. The number of amides is 3. The van der Waals surface area contributed by atoms with Gasteiger partial charge in [-0.1, -0.05) is 86.2 Å². The summed E-state index contributed by atoms with van der Waals surface area (Å²) in [6, 6.07) is 13.1. The molecule has 3 amide bonds. The molecule has 1 aliphatic carbocycles. The Morgan fingerprint density at radius 3 is 2.35 bits per heavy atom. The van der Waals surface area contributed by atoms with E-state index in [9.17, 15) is 14.4 Å². The van der Waals surface area contributed by atoms with E-state index < -0.39 is 18.1 Å². The maximum atomic E-state index is 14.2. The van der Waals surface area contributed by atoms with Crippen LogP contribution in [-0.2, 0) is 20.8 Å². The lowest BCUT2D eigenvalue weighted by Gasteiger charge is -2.50. The number of benzene rings is 2. The van der Waals surface area contributed by atoms with Gasteiger partial charge in [0.25, 0.3) is 0 Å². The van der Waals surface area contributed by atoms with Crippen LogP contribution in [0, 0.1) is 19.4 Å². The molecule has 40 heavy (non-hydrogen) atoms. The zero-order valence-corrected chi connectivity index (χ0v) is 23.5. The van der Waals surface area contributed by atoms with Crippen LogP contribution in [0.25, 0.3) is 4.85 Å². The van der Waals surface area contributed by atoms with Crippen molar-refractivity contribution >= 4 is 23.4 Å². The van der Waals surface area contributed by atoms with Gasteiger partial charge in [0.15, 0.2) is 5.69 Å². The lowest BCUT2D eigenvalue weighted by Crippen LogP contribution is -2.67. The topological polar surface area (TPSA) is 74.1 Å². The van der Waals surface area contributed by atoms with E-state index in [-0.39, 0.29) is 17.7 Å². The van der Waals surface area contributed by atoms with Crippen molar-refractivity contribution in [3.05, 3.63) is 76.6 Å². The molecule has 7 nitrogen and oxygen atoms in total. The van der Waals surface area contributed by atoms with Crippen molar-refractivity contribution in [3.8, 4) is 0 Å². The molecule has 0 spiro atoms. The van der Waals surface area contributed by atoms with E-state index >= 15 is 0 Å². The number of piperazine rings is 1. The van der Waals surface area contributed by atoms with Crippen LogP contribution in [0.15, 0.2) is 48.5 Å².